The number of hydrogen-bond donors (Lipinski definition) is 2. The third kappa shape index (κ3) is 3.85. The summed E-state index contributed by atoms with van der Waals surface area (Å²) >= 11 is 2.03. The summed E-state index contributed by atoms with van der Waals surface area (Å²) in [5.41, 5.74) is 5.78. The van der Waals surface area contributed by atoms with Gasteiger partial charge >= 0.3 is 5.97 Å². The van der Waals surface area contributed by atoms with Gasteiger partial charge in [-0.1, -0.05) is 6.07 Å². The minimum absolute atomic E-state index is 0.226. The van der Waals surface area contributed by atoms with Crippen LogP contribution in [0.25, 0.3) is 0 Å². The Morgan fingerprint density at radius 2 is 2.24 bits per heavy atom. The predicted molar refractivity (Wildman–Crippen MR) is 73.8 cm³/mol. The molecule has 0 spiro atoms. The number of benzene rings is 1. The van der Waals surface area contributed by atoms with Gasteiger partial charge in [-0.2, -0.15) is 0 Å². The molecular formula is C12H16INO3. The van der Waals surface area contributed by atoms with E-state index in [1.165, 1.54) is 0 Å². The molecule has 0 saturated heterocycles. The first-order valence-corrected chi connectivity index (χ1v) is 6.38. The van der Waals surface area contributed by atoms with Crippen molar-refractivity contribution < 1.29 is 14.6 Å². The highest BCUT2D eigenvalue weighted by Gasteiger charge is 2.30. The van der Waals surface area contributed by atoms with Crippen LogP contribution in [-0.4, -0.2) is 23.2 Å². The second-order valence-corrected chi connectivity index (χ2v) is 5.26. The largest absolute Gasteiger partial charge is 0.507 e. The van der Waals surface area contributed by atoms with E-state index >= 15 is 0 Å². The number of halogens is 1. The third-order valence-corrected chi connectivity index (χ3v) is 3.19. The molecule has 0 aliphatic carbocycles. The first-order chi connectivity index (χ1) is 7.86. The minimum atomic E-state index is -1.05. The van der Waals surface area contributed by atoms with Gasteiger partial charge in [-0.25, -0.2) is 0 Å². The molecule has 0 aliphatic heterocycles. The fraction of sp³-hybridized carbons (Fsp3) is 0.417. The van der Waals surface area contributed by atoms with Gasteiger partial charge < -0.3 is 15.6 Å². The van der Waals surface area contributed by atoms with E-state index in [2.05, 4.69) is 0 Å². The molecule has 1 aromatic rings. The normalized spacial score (nSPS) is 14.1. The molecule has 3 N–H and O–H groups in total. The van der Waals surface area contributed by atoms with Gasteiger partial charge in [0.1, 0.15) is 11.3 Å². The zero-order valence-corrected chi connectivity index (χ0v) is 12.0. The van der Waals surface area contributed by atoms with Crippen LogP contribution < -0.4 is 5.73 Å². The average molecular weight is 349 g/mol. The van der Waals surface area contributed by atoms with E-state index in [0.717, 1.165) is 9.13 Å². The van der Waals surface area contributed by atoms with Crippen molar-refractivity contribution in [3.8, 4) is 5.75 Å². The summed E-state index contributed by atoms with van der Waals surface area (Å²) in [4.78, 5) is 11.6. The number of ether oxygens (including phenoxy) is 1. The van der Waals surface area contributed by atoms with Crippen molar-refractivity contribution in [1.82, 2.24) is 0 Å². The molecule has 0 radical (unpaired) electrons. The monoisotopic (exact) mass is 349 g/mol. The molecule has 1 unspecified atom stereocenters. The summed E-state index contributed by atoms with van der Waals surface area (Å²) in [6.45, 7) is 3.71. The van der Waals surface area contributed by atoms with Gasteiger partial charge in [-0.3, -0.25) is 4.79 Å². The maximum atomic E-state index is 11.6. The molecule has 0 aromatic heterocycles. The average Bonchev–Trinajstić information content (AvgIpc) is 2.23. The molecule has 94 valence electrons. The predicted octanol–water partition coefficient (Wildman–Crippen LogP) is 1.82. The summed E-state index contributed by atoms with van der Waals surface area (Å²) in [7, 11) is 0. The smallest absolute Gasteiger partial charge is 0.326 e. The van der Waals surface area contributed by atoms with Crippen LogP contribution in [0.4, 0.5) is 0 Å². The number of carbonyl (C=O) groups is 1. The number of phenols is 1. The van der Waals surface area contributed by atoms with Crippen molar-refractivity contribution in [3.05, 3.63) is 27.3 Å². The Morgan fingerprint density at radius 3 is 2.76 bits per heavy atom. The number of hydrogen-bond acceptors (Lipinski definition) is 4. The SMILES string of the molecule is CCOC(=O)C(C)(N)Cc1ccc(O)c(I)c1. The van der Waals surface area contributed by atoms with Gasteiger partial charge in [0, 0.05) is 6.42 Å². The standard InChI is InChI=1S/C12H16INO3/c1-3-17-11(16)12(2,14)7-8-4-5-10(15)9(13)6-8/h4-6,15H,3,7,14H2,1-2H3. The molecule has 5 heteroatoms. The van der Waals surface area contributed by atoms with Gasteiger partial charge in [0.15, 0.2) is 0 Å². The van der Waals surface area contributed by atoms with Crippen molar-refractivity contribution in [2.24, 2.45) is 5.73 Å². The molecule has 0 amide bonds. The Morgan fingerprint density at radius 1 is 1.59 bits per heavy atom. The summed E-state index contributed by atoms with van der Waals surface area (Å²) in [6.07, 6.45) is 0.377. The van der Waals surface area contributed by atoms with Crippen LogP contribution in [0, 0.1) is 3.57 Å². The Hall–Kier alpha value is -0.820. The molecule has 0 heterocycles. The molecule has 0 fully saturated rings. The zero-order valence-electron chi connectivity index (χ0n) is 9.87. The second kappa shape index (κ2) is 5.68. The number of aromatic hydroxyl groups is 1. The van der Waals surface area contributed by atoms with Gasteiger partial charge in [-0.15, -0.1) is 0 Å². The van der Waals surface area contributed by atoms with E-state index in [4.69, 9.17) is 10.5 Å². The van der Waals surface area contributed by atoms with Crippen molar-refractivity contribution in [1.29, 1.82) is 0 Å². The van der Waals surface area contributed by atoms with Gasteiger partial charge in [0.2, 0.25) is 0 Å². The van der Waals surface area contributed by atoms with E-state index in [1.807, 2.05) is 22.6 Å². The third-order valence-electron chi connectivity index (χ3n) is 2.33. The zero-order chi connectivity index (χ0) is 13.1. The number of esters is 1. The number of rotatable bonds is 4. The highest BCUT2D eigenvalue weighted by molar-refractivity contribution is 14.1. The van der Waals surface area contributed by atoms with Crippen LogP contribution in [0.3, 0.4) is 0 Å². The first-order valence-electron chi connectivity index (χ1n) is 5.30. The Kier molecular flexibility index (Phi) is 4.76. The molecule has 1 aromatic carbocycles. The van der Waals surface area contributed by atoms with Crippen LogP contribution in [0.15, 0.2) is 18.2 Å². The van der Waals surface area contributed by atoms with Crippen molar-refractivity contribution >= 4 is 28.6 Å². The highest BCUT2D eigenvalue weighted by Crippen LogP contribution is 2.22. The van der Waals surface area contributed by atoms with E-state index in [1.54, 1.807) is 32.0 Å². The Labute approximate surface area is 114 Å². The summed E-state index contributed by atoms with van der Waals surface area (Å²) in [5, 5.41) is 9.41. The molecule has 1 rings (SSSR count). The maximum Gasteiger partial charge on any atom is 0.326 e. The molecule has 0 bridgehead atoms. The topological polar surface area (TPSA) is 72.5 Å². The van der Waals surface area contributed by atoms with Crippen LogP contribution in [-0.2, 0) is 16.0 Å². The molecule has 0 saturated carbocycles. The first kappa shape index (κ1) is 14.2. The van der Waals surface area contributed by atoms with Gasteiger partial charge in [-0.05, 0) is 54.1 Å². The van der Waals surface area contributed by atoms with Crippen LogP contribution in [0.5, 0.6) is 5.75 Å². The summed E-state index contributed by atoms with van der Waals surface area (Å²) in [5.74, 6) is -0.188. The second-order valence-electron chi connectivity index (χ2n) is 4.10. The molecular weight excluding hydrogens is 333 g/mol. The lowest BCUT2D eigenvalue weighted by Gasteiger charge is -2.22. The van der Waals surface area contributed by atoms with E-state index in [0.29, 0.717) is 13.0 Å². The van der Waals surface area contributed by atoms with Gasteiger partial charge in [0.05, 0.1) is 10.2 Å². The Balaban J connectivity index is 2.82. The lowest BCUT2D eigenvalue weighted by atomic mass is 9.94. The fourth-order valence-corrected chi connectivity index (χ4v) is 2.03. The van der Waals surface area contributed by atoms with Crippen molar-refractivity contribution in [2.45, 2.75) is 25.8 Å². The maximum absolute atomic E-state index is 11.6. The highest BCUT2D eigenvalue weighted by atomic mass is 127. The lowest BCUT2D eigenvalue weighted by Crippen LogP contribution is -2.48. The quantitative estimate of drug-likeness (QED) is 0.643. The van der Waals surface area contributed by atoms with Gasteiger partial charge in [0.25, 0.3) is 0 Å². The van der Waals surface area contributed by atoms with Crippen LogP contribution >= 0.6 is 22.6 Å². The number of phenolic OH excluding ortho intramolecular Hbond substituents is 1. The van der Waals surface area contributed by atoms with Crippen molar-refractivity contribution in [3.63, 3.8) is 0 Å². The fourth-order valence-electron chi connectivity index (χ4n) is 1.45. The van der Waals surface area contributed by atoms with Crippen LogP contribution in [0.2, 0.25) is 0 Å². The van der Waals surface area contributed by atoms with E-state index < -0.39 is 11.5 Å². The van der Waals surface area contributed by atoms with Crippen molar-refractivity contribution in [2.75, 3.05) is 6.61 Å². The van der Waals surface area contributed by atoms with E-state index in [9.17, 15) is 9.90 Å². The van der Waals surface area contributed by atoms with Crippen LogP contribution in [0.1, 0.15) is 19.4 Å². The molecule has 1 atom stereocenters. The Bertz CT molecular complexity index is 418. The summed E-state index contributed by atoms with van der Waals surface area (Å²) < 4.78 is 5.65. The number of nitrogens with two attached hydrogens (primary N) is 1. The molecule has 0 aliphatic rings. The number of carbonyl (C=O) groups excluding carboxylic acids is 1. The minimum Gasteiger partial charge on any atom is -0.507 e. The van der Waals surface area contributed by atoms with E-state index in [-0.39, 0.29) is 5.75 Å². The molecule has 4 nitrogen and oxygen atoms in total. The molecule has 17 heavy (non-hydrogen) atoms. The lowest BCUT2D eigenvalue weighted by molar-refractivity contribution is -0.148. The summed E-state index contributed by atoms with van der Waals surface area (Å²) in [6, 6.07) is 5.15.